The first-order valence-electron chi connectivity index (χ1n) is 7.51. The summed E-state index contributed by atoms with van der Waals surface area (Å²) < 4.78 is 5.46. The smallest absolute Gasteiger partial charge is 0.429 e. The van der Waals surface area contributed by atoms with Gasteiger partial charge < -0.3 is 10.1 Å². The summed E-state index contributed by atoms with van der Waals surface area (Å²) >= 11 is 0. The summed E-state index contributed by atoms with van der Waals surface area (Å²) in [6.45, 7) is 7.84. The van der Waals surface area contributed by atoms with Crippen molar-refractivity contribution in [2.75, 3.05) is 31.2 Å². The summed E-state index contributed by atoms with van der Waals surface area (Å²) in [7, 11) is 0. The fourth-order valence-electron chi connectivity index (χ4n) is 2.26. The zero-order valence-electron chi connectivity index (χ0n) is 13.6. The molecule has 0 unspecified atom stereocenters. The Morgan fingerprint density at radius 1 is 1.22 bits per heavy atom. The van der Waals surface area contributed by atoms with Crippen LogP contribution < -0.4 is 10.3 Å². The van der Waals surface area contributed by atoms with Crippen LogP contribution in [0, 0.1) is 10.1 Å². The number of hydrogen-bond acceptors (Lipinski definition) is 6. The van der Waals surface area contributed by atoms with Crippen molar-refractivity contribution in [2.24, 2.45) is 0 Å². The highest BCUT2D eigenvalue weighted by Crippen LogP contribution is 2.22. The molecule has 2 rings (SSSR count). The van der Waals surface area contributed by atoms with Crippen molar-refractivity contribution in [2.45, 2.75) is 26.4 Å². The van der Waals surface area contributed by atoms with E-state index in [4.69, 9.17) is 4.74 Å². The highest BCUT2D eigenvalue weighted by Gasteiger charge is 2.28. The Morgan fingerprint density at radius 2 is 1.83 bits per heavy atom. The van der Waals surface area contributed by atoms with E-state index in [2.05, 4.69) is 5.32 Å². The van der Waals surface area contributed by atoms with E-state index in [1.807, 2.05) is 20.8 Å². The molecule has 1 fully saturated rings. The normalized spacial score (nSPS) is 16.0. The molecule has 1 aliphatic rings. The summed E-state index contributed by atoms with van der Waals surface area (Å²) in [4.78, 5) is 22.8. The highest BCUT2D eigenvalue weighted by molar-refractivity contribution is 5.71. The summed E-state index contributed by atoms with van der Waals surface area (Å²) in [5.74, 6) is 0. The minimum Gasteiger partial charge on any atom is -0.442 e. The number of benzene rings is 1. The van der Waals surface area contributed by atoms with Gasteiger partial charge in [-0.15, -0.1) is 0 Å². The van der Waals surface area contributed by atoms with Crippen molar-refractivity contribution in [3.8, 4) is 0 Å². The third-order valence-corrected chi connectivity index (χ3v) is 3.26. The number of non-ortho nitro benzene ring substituents is 1. The molecule has 1 aromatic rings. The molecule has 0 aliphatic carbocycles. The standard InChI is InChI=1S/C15H22N4O4/c1-15(2,3)23-14(20)18-11-9-16-8-10-17(18)12-4-6-13(7-5-12)19(21)22/h4-7,16H,8-11H2,1-3H3. The molecule has 1 amide bonds. The maximum Gasteiger partial charge on any atom is 0.429 e. The van der Waals surface area contributed by atoms with Crippen LogP contribution in [-0.2, 0) is 4.74 Å². The van der Waals surface area contributed by atoms with E-state index in [0.29, 0.717) is 31.9 Å². The number of hydrazine groups is 1. The molecule has 0 saturated carbocycles. The number of nitrogens with zero attached hydrogens (tertiary/aromatic N) is 3. The van der Waals surface area contributed by atoms with E-state index < -0.39 is 16.6 Å². The van der Waals surface area contributed by atoms with Gasteiger partial charge >= 0.3 is 6.09 Å². The Morgan fingerprint density at radius 3 is 2.39 bits per heavy atom. The second-order valence-electron chi connectivity index (χ2n) is 6.25. The Labute approximate surface area is 135 Å². The van der Waals surface area contributed by atoms with E-state index in [-0.39, 0.29) is 5.69 Å². The van der Waals surface area contributed by atoms with Gasteiger partial charge in [-0.1, -0.05) is 0 Å². The van der Waals surface area contributed by atoms with Gasteiger partial charge in [0.25, 0.3) is 5.69 Å². The summed E-state index contributed by atoms with van der Waals surface area (Å²) in [5, 5.41) is 17.3. The first-order chi connectivity index (χ1) is 10.8. The van der Waals surface area contributed by atoms with E-state index in [0.717, 1.165) is 0 Å². The van der Waals surface area contributed by atoms with Crippen molar-refractivity contribution in [3.05, 3.63) is 34.4 Å². The maximum absolute atomic E-state index is 12.5. The molecule has 0 bridgehead atoms. The van der Waals surface area contributed by atoms with Gasteiger partial charge in [0.2, 0.25) is 0 Å². The van der Waals surface area contributed by atoms with Gasteiger partial charge in [0.1, 0.15) is 5.60 Å². The average Bonchev–Trinajstić information content (AvgIpc) is 2.71. The molecular formula is C15H22N4O4. The van der Waals surface area contributed by atoms with E-state index >= 15 is 0 Å². The Balaban J connectivity index is 2.23. The fraction of sp³-hybridized carbons (Fsp3) is 0.533. The van der Waals surface area contributed by atoms with Crippen molar-refractivity contribution in [1.82, 2.24) is 10.3 Å². The number of ether oxygens (including phenoxy) is 1. The van der Waals surface area contributed by atoms with Crippen LogP contribution in [0.5, 0.6) is 0 Å². The predicted molar refractivity (Wildman–Crippen MR) is 86.3 cm³/mol. The van der Waals surface area contributed by atoms with Crippen LogP contribution in [0.2, 0.25) is 0 Å². The Hall–Kier alpha value is -2.35. The third-order valence-electron chi connectivity index (χ3n) is 3.26. The molecule has 126 valence electrons. The summed E-state index contributed by atoms with van der Waals surface area (Å²) in [6.07, 6.45) is -0.431. The van der Waals surface area contributed by atoms with E-state index in [1.54, 1.807) is 17.1 Å². The number of rotatable bonds is 2. The Bertz CT molecular complexity index is 568. The van der Waals surface area contributed by atoms with Crippen molar-refractivity contribution in [1.29, 1.82) is 0 Å². The minimum atomic E-state index is -0.585. The Kier molecular flexibility index (Phi) is 5.05. The molecule has 0 atom stereocenters. The summed E-state index contributed by atoms with van der Waals surface area (Å²) in [6, 6.07) is 6.14. The van der Waals surface area contributed by atoms with Crippen molar-refractivity contribution in [3.63, 3.8) is 0 Å². The largest absolute Gasteiger partial charge is 0.442 e. The van der Waals surface area contributed by atoms with Crippen LogP contribution in [0.1, 0.15) is 20.8 Å². The zero-order valence-corrected chi connectivity index (χ0v) is 13.6. The molecule has 1 heterocycles. The van der Waals surface area contributed by atoms with Crippen LogP contribution in [0.3, 0.4) is 0 Å². The average molecular weight is 322 g/mol. The van der Waals surface area contributed by atoms with Gasteiger partial charge in [0, 0.05) is 25.2 Å². The topological polar surface area (TPSA) is 88.0 Å². The molecule has 8 heteroatoms. The first-order valence-corrected chi connectivity index (χ1v) is 7.51. The maximum atomic E-state index is 12.5. The SMILES string of the molecule is CC(C)(C)OC(=O)N1CCNCCN1c1ccc([N+](=O)[O-])cc1. The number of anilines is 1. The molecule has 23 heavy (non-hydrogen) atoms. The van der Waals surface area contributed by atoms with Gasteiger partial charge in [0.15, 0.2) is 0 Å². The van der Waals surface area contributed by atoms with Crippen LogP contribution in [-0.4, -0.2) is 47.8 Å². The molecule has 0 aromatic heterocycles. The number of nitro groups is 1. The lowest BCUT2D eigenvalue weighted by atomic mass is 10.2. The molecule has 0 radical (unpaired) electrons. The van der Waals surface area contributed by atoms with Crippen LogP contribution >= 0.6 is 0 Å². The zero-order chi connectivity index (χ0) is 17.0. The second-order valence-corrected chi connectivity index (χ2v) is 6.25. The monoisotopic (exact) mass is 322 g/mol. The van der Waals surface area contributed by atoms with Gasteiger partial charge in [-0.3, -0.25) is 15.1 Å². The molecule has 0 spiro atoms. The van der Waals surface area contributed by atoms with E-state index in [1.165, 1.54) is 17.1 Å². The lowest BCUT2D eigenvalue weighted by Gasteiger charge is -2.35. The number of nitrogens with one attached hydrogen (secondary N) is 1. The quantitative estimate of drug-likeness (QED) is 0.663. The number of hydrogen-bond donors (Lipinski definition) is 1. The predicted octanol–water partition coefficient (Wildman–Crippen LogP) is 2.16. The molecule has 1 saturated heterocycles. The van der Waals surface area contributed by atoms with Gasteiger partial charge in [-0.2, -0.15) is 0 Å². The molecule has 8 nitrogen and oxygen atoms in total. The molecule has 1 aliphatic heterocycles. The number of nitro benzene ring substituents is 1. The van der Waals surface area contributed by atoms with Crippen molar-refractivity contribution < 1.29 is 14.5 Å². The molecular weight excluding hydrogens is 300 g/mol. The number of amides is 1. The van der Waals surface area contributed by atoms with Crippen LogP contribution in [0.4, 0.5) is 16.2 Å². The molecule has 1 N–H and O–H groups in total. The summed E-state index contributed by atoms with van der Waals surface area (Å²) in [5.41, 5.74) is 0.147. The second kappa shape index (κ2) is 6.82. The lowest BCUT2D eigenvalue weighted by molar-refractivity contribution is -0.384. The van der Waals surface area contributed by atoms with Gasteiger partial charge in [0.05, 0.1) is 23.7 Å². The van der Waals surface area contributed by atoms with Gasteiger partial charge in [-0.05, 0) is 32.9 Å². The molecule has 1 aromatic carbocycles. The lowest BCUT2D eigenvalue weighted by Crippen LogP contribution is -2.49. The van der Waals surface area contributed by atoms with Crippen LogP contribution in [0.25, 0.3) is 0 Å². The van der Waals surface area contributed by atoms with E-state index in [9.17, 15) is 14.9 Å². The number of carbonyl (C=O) groups excluding carboxylic acids is 1. The third kappa shape index (κ3) is 4.56. The fourth-order valence-corrected chi connectivity index (χ4v) is 2.26. The number of carbonyl (C=O) groups is 1. The van der Waals surface area contributed by atoms with Crippen LogP contribution in [0.15, 0.2) is 24.3 Å². The highest BCUT2D eigenvalue weighted by atomic mass is 16.6. The first kappa shape index (κ1) is 17.0. The van der Waals surface area contributed by atoms with Gasteiger partial charge in [-0.25, -0.2) is 9.80 Å². The minimum absolute atomic E-state index is 0.0190. The van der Waals surface area contributed by atoms with Crippen molar-refractivity contribution >= 4 is 17.5 Å².